The van der Waals surface area contributed by atoms with Crippen LogP contribution in [0.5, 0.6) is 11.6 Å². The Morgan fingerprint density at radius 1 is 1.11 bits per heavy atom. The van der Waals surface area contributed by atoms with Crippen molar-refractivity contribution >= 4 is 11.6 Å². The number of hydrogen-bond donors (Lipinski definition) is 2. The van der Waals surface area contributed by atoms with Gasteiger partial charge in [-0.15, -0.1) is 0 Å². The number of pyridine rings is 2. The van der Waals surface area contributed by atoms with E-state index in [0.29, 0.717) is 31.5 Å². The standard InChI is InChI=1S/C19H20N6O2/c1-12(14-4-5-21-19-18(14)26-6-7-27-19)9-23-17-8-15(24-11-25-17)13-2-3-16(20)22-10-13/h2-5,8,10-12H,6-7,9H2,1H3,(H2,20,22)(H,23,24,25)/t12-/m1/s1. The van der Waals surface area contributed by atoms with Gasteiger partial charge in [-0.3, -0.25) is 0 Å². The third kappa shape index (κ3) is 3.74. The van der Waals surface area contributed by atoms with Crippen LogP contribution in [0.15, 0.2) is 43.0 Å². The minimum atomic E-state index is 0.181. The van der Waals surface area contributed by atoms with Crippen LogP contribution in [-0.4, -0.2) is 39.7 Å². The van der Waals surface area contributed by atoms with E-state index in [-0.39, 0.29) is 5.92 Å². The van der Waals surface area contributed by atoms with Gasteiger partial charge in [0.05, 0.1) is 5.69 Å². The molecule has 0 unspecified atom stereocenters. The van der Waals surface area contributed by atoms with E-state index in [1.807, 2.05) is 18.2 Å². The zero-order chi connectivity index (χ0) is 18.6. The molecule has 0 saturated carbocycles. The predicted molar refractivity (Wildman–Crippen MR) is 102 cm³/mol. The molecule has 0 spiro atoms. The van der Waals surface area contributed by atoms with Crippen LogP contribution in [0.1, 0.15) is 18.4 Å². The van der Waals surface area contributed by atoms with Gasteiger partial charge in [-0.25, -0.2) is 19.9 Å². The van der Waals surface area contributed by atoms with Crippen LogP contribution in [0, 0.1) is 0 Å². The Labute approximate surface area is 156 Å². The molecule has 8 nitrogen and oxygen atoms in total. The smallest absolute Gasteiger partial charge is 0.257 e. The molecular formula is C19H20N6O2. The van der Waals surface area contributed by atoms with Gasteiger partial charge < -0.3 is 20.5 Å². The van der Waals surface area contributed by atoms with Gasteiger partial charge in [0.2, 0.25) is 0 Å². The van der Waals surface area contributed by atoms with Crippen molar-refractivity contribution in [2.24, 2.45) is 0 Å². The number of nitrogens with two attached hydrogens (primary N) is 1. The molecule has 0 saturated heterocycles. The maximum absolute atomic E-state index is 5.76. The number of hydrogen-bond acceptors (Lipinski definition) is 8. The topological polar surface area (TPSA) is 108 Å². The third-order valence-corrected chi connectivity index (χ3v) is 4.34. The van der Waals surface area contributed by atoms with Crippen molar-refractivity contribution in [1.82, 2.24) is 19.9 Å². The second-order valence-corrected chi connectivity index (χ2v) is 6.27. The summed E-state index contributed by atoms with van der Waals surface area (Å²) in [6.07, 6.45) is 4.98. The van der Waals surface area contributed by atoms with Gasteiger partial charge >= 0.3 is 0 Å². The highest BCUT2D eigenvalue weighted by Crippen LogP contribution is 2.35. The van der Waals surface area contributed by atoms with E-state index >= 15 is 0 Å². The SMILES string of the molecule is C[C@H](CNc1cc(-c2ccc(N)nc2)ncn1)c1ccnc2c1OCCO2. The average Bonchev–Trinajstić information content (AvgIpc) is 2.72. The molecule has 8 heteroatoms. The van der Waals surface area contributed by atoms with Crippen molar-refractivity contribution < 1.29 is 9.47 Å². The Hall–Kier alpha value is -3.42. The van der Waals surface area contributed by atoms with Crippen molar-refractivity contribution in [2.75, 3.05) is 30.8 Å². The van der Waals surface area contributed by atoms with Gasteiger partial charge in [0, 0.05) is 42.0 Å². The van der Waals surface area contributed by atoms with Gasteiger partial charge in [0.25, 0.3) is 5.88 Å². The second kappa shape index (κ2) is 7.45. The molecule has 4 rings (SSSR count). The van der Waals surface area contributed by atoms with Crippen molar-refractivity contribution in [2.45, 2.75) is 12.8 Å². The summed E-state index contributed by atoms with van der Waals surface area (Å²) in [5.41, 5.74) is 8.37. The maximum atomic E-state index is 5.76. The van der Waals surface area contributed by atoms with Gasteiger partial charge in [-0.2, -0.15) is 0 Å². The number of nitrogen functional groups attached to an aromatic ring is 1. The van der Waals surface area contributed by atoms with E-state index in [9.17, 15) is 0 Å². The summed E-state index contributed by atoms with van der Waals surface area (Å²) in [5.74, 6) is 2.69. The molecule has 0 fully saturated rings. The van der Waals surface area contributed by atoms with Crippen LogP contribution in [0.25, 0.3) is 11.3 Å². The molecular weight excluding hydrogens is 344 g/mol. The first-order valence-electron chi connectivity index (χ1n) is 8.73. The van der Waals surface area contributed by atoms with Gasteiger partial charge in [-0.05, 0) is 18.2 Å². The van der Waals surface area contributed by atoms with E-state index in [0.717, 1.165) is 28.4 Å². The van der Waals surface area contributed by atoms with Crippen molar-refractivity contribution in [1.29, 1.82) is 0 Å². The fourth-order valence-corrected chi connectivity index (χ4v) is 2.90. The van der Waals surface area contributed by atoms with Crippen LogP contribution >= 0.6 is 0 Å². The Balaban J connectivity index is 1.48. The summed E-state index contributed by atoms with van der Waals surface area (Å²) in [4.78, 5) is 16.9. The van der Waals surface area contributed by atoms with E-state index < -0.39 is 0 Å². The minimum Gasteiger partial charge on any atom is -0.484 e. The summed E-state index contributed by atoms with van der Waals surface area (Å²) in [6.45, 7) is 3.86. The quantitative estimate of drug-likeness (QED) is 0.711. The number of nitrogens with one attached hydrogen (secondary N) is 1. The lowest BCUT2D eigenvalue weighted by Crippen LogP contribution is -2.19. The molecule has 1 atom stereocenters. The third-order valence-electron chi connectivity index (χ3n) is 4.34. The van der Waals surface area contributed by atoms with Crippen molar-refractivity contribution in [3.63, 3.8) is 0 Å². The molecule has 138 valence electrons. The molecule has 0 aromatic carbocycles. The van der Waals surface area contributed by atoms with Gasteiger partial charge in [0.15, 0.2) is 5.75 Å². The summed E-state index contributed by atoms with van der Waals surface area (Å²) in [5, 5.41) is 3.36. The Kier molecular flexibility index (Phi) is 4.69. The van der Waals surface area contributed by atoms with Crippen LogP contribution in [0.4, 0.5) is 11.6 Å². The molecule has 4 heterocycles. The first-order chi connectivity index (χ1) is 13.2. The highest BCUT2D eigenvalue weighted by Gasteiger charge is 2.20. The monoisotopic (exact) mass is 364 g/mol. The number of anilines is 2. The fraction of sp³-hybridized carbons (Fsp3) is 0.263. The number of fused-ring (bicyclic) bond motifs is 1. The molecule has 0 bridgehead atoms. The molecule has 0 radical (unpaired) electrons. The summed E-state index contributed by atoms with van der Waals surface area (Å²) < 4.78 is 11.3. The maximum Gasteiger partial charge on any atom is 0.257 e. The first-order valence-corrected chi connectivity index (χ1v) is 8.73. The molecule has 27 heavy (non-hydrogen) atoms. The van der Waals surface area contributed by atoms with Crippen molar-refractivity contribution in [3.8, 4) is 22.9 Å². The molecule has 3 N–H and O–H groups in total. The number of rotatable bonds is 5. The highest BCUT2D eigenvalue weighted by atomic mass is 16.6. The second-order valence-electron chi connectivity index (χ2n) is 6.27. The fourth-order valence-electron chi connectivity index (χ4n) is 2.90. The van der Waals surface area contributed by atoms with E-state index in [1.54, 1.807) is 18.5 Å². The Bertz CT molecular complexity index is 932. The Morgan fingerprint density at radius 3 is 2.85 bits per heavy atom. The first kappa shape index (κ1) is 17.0. The predicted octanol–water partition coefficient (Wildman–Crippen LogP) is 2.50. The van der Waals surface area contributed by atoms with Crippen molar-refractivity contribution in [3.05, 3.63) is 48.5 Å². The summed E-state index contributed by atoms with van der Waals surface area (Å²) >= 11 is 0. The summed E-state index contributed by atoms with van der Waals surface area (Å²) in [7, 11) is 0. The Morgan fingerprint density at radius 2 is 2.00 bits per heavy atom. The molecule has 1 aliphatic rings. The van der Waals surface area contributed by atoms with Gasteiger partial charge in [0.1, 0.15) is 31.2 Å². The molecule has 3 aromatic heterocycles. The normalized spacial score (nSPS) is 13.8. The van der Waals surface area contributed by atoms with Crippen LogP contribution in [0.3, 0.4) is 0 Å². The highest BCUT2D eigenvalue weighted by molar-refractivity contribution is 5.62. The number of ether oxygens (including phenoxy) is 2. The average molecular weight is 364 g/mol. The van der Waals surface area contributed by atoms with E-state index in [4.69, 9.17) is 15.2 Å². The zero-order valence-electron chi connectivity index (χ0n) is 14.9. The lowest BCUT2D eigenvalue weighted by molar-refractivity contribution is 0.162. The summed E-state index contributed by atoms with van der Waals surface area (Å²) in [6, 6.07) is 7.49. The lowest BCUT2D eigenvalue weighted by atomic mass is 10.0. The van der Waals surface area contributed by atoms with E-state index in [2.05, 4.69) is 32.2 Å². The van der Waals surface area contributed by atoms with Crippen LogP contribution in [0.2, 0.25) is 0 Å². The number of nitrogens with zero attached hydrogens (tertiary/aromatic N) is 4. The van der Waals surface area contributed by atoms with Crippen LogP contribution < -0.4 is 20.5 Å². The van der Waals surface area contributed by atoms with Crippen LogP contribution in [-0.2, 0) is 0 Å². The largest absolute Gasteiger partial charge is 0.484 e. The minimum absolute atomic E-state index is 0.181. The number of aromatic nitrogens is 4. The molecule has 1 aliphatic heterocycles. The van der Waals surface area contributed by atoms with Gasteiger partial charge in [-0.1, -0.05) is 6.92 Å². The zero-order valence-corrected chi connectivity index (χ0v) is 14.9. The molecule has 3 aromatic rings. The lowest BCUT2D eigenvalue weighted by Gasteiger charge is -2.22. The molecule has 0 aliphatic carbocycles. The van der Waals surface area contributed by atoms with E-state index in [1.165, 1.54) is 6.33 Å². The molecule has 0 amide bonds.